The van der Waals surface area contributed by atoms with Crippen LogP contribution in [0.3, 0.4) is 0 Å². The minimum atomic E-state index is -0.292. The molecule has 24 heavy (non-hydrogen) atoms. The van der Waals surface area contributed by atoms with Crippen LogP contribution in [0.25, 0.3) is 11.4 Å². The molecule has 1 aliphatic carbocycles. The fourth-order valence-electron chi connectivity index (χ4n) is 3.30. The lowest BCUT2D eigenvalue weighted by Crippen LogP contribution is -2.50. The largest absolute Gasteiger partial charge is 0.493 e. The Bertz CT molecular complexity index is 726. The fraction of sp³-hybridized carbons (Fsp3) is 0.529. The van der Waals surface area contributed by atoms with Crippen LogP contribution >= 0.6 is 0 Å². The molecule has 1 saturated carbocycles. The number of aromatic nitrogens is 2. The first-order chi connectivity index (χ1) is 11.8. The van der Waals surface area contributed by atoms with E-state index in [4.69, 9.17) is 23.5 Å². The summed E-state index contributed by atoms with van der Waals surface area (Å²) in [7, 11) is 3.19. The van der Waals surface area contributed by atoms with Crippen molar-refractivity contribution in [3.63, 3.8) is 0 Å². The number of hydrogen-bond acceptors (Lipinski definition) is 7. The highest BCUT2D eigenvalue weighted by Crippen LogP contribution is 2.48. The van der Waals surface area contributed by atoms with Gasteiger partial charge in [0, 0.05) is 5.56 Å². The molecule has 1 spiro atoms. The van der Waals surface area contributed by atoms with Gasteiger partial charge in [-0.05, 0) is 37.5 Å². The van der Waals surface area contributed by atoms with Crippen molar-refractivity contribution in [3.05, 3.63) is 24.1 Å². The van der Waals surface area contributed by atoms with Crippen LogP contribution in [0, 0.1) is 0 Å². The van der Waals surface area contributed by atoms with Gasteiger partial charge in [-0.25, -0.2) is 0 Å². The molecule has 0 amide bonds. The van der Waals surface area contributed by atoms with Gasteiger partial charge in [-0.3, -0.25) is 0 Å². The molecule has 2 aromatic rings. The average molecular weight is 332 g/mol. The van der Waals surface area contributed by atoms with Gasteiger partial charge in [0.05, 0.1) is 27.4 Å². The van der Waals surface area contributed by atoms with E-state index in [0.717, 1.165) is 24.8 Å². The van der Waals surface area contributed by atoms with E-state index in [1.54, 1.807) is 14.2 Å². The van der Waals surface area contributed by atoms with Crippen LogP contribution in [0.15, 0.2) is 22.7 Å². The summed E-state index contributed by atoms with van der Waals surface area (Å²) in [6.07, 6.45) is 2.77. The normalized spacial score (nSPS) is 22.2. The first kappa shape index (κ1) is 15.4. The predicted octanol–water partition coefficient (Wildman–Crippen LogP) is 2.76. The van der Waals surface area contributed by atoms with E-state index in [2.05, 4.69) is 10.1 Å². The maximum atomic E-state index is 5.96. The van der Waals surface area contributed by atoms with Crippen molar-refractivity contribution < 1.29 is 23.5 Å². The molecule has 1 aromatic heterocycles. The molecule has 2 aliphatic rings. The highest BCUT2D eigenvalue weighted by Gasteiger charge is 2.51. The minimum absolute atomic E-state index is 0.290. The first-order valence-corrected chi connectivity index (χ1v) is 8.07. The summed E-state index contributed by atoms with van der Waals surface area (Å²) in [5, 5.41) is 4.10. The second-order valence-electron chi connectivity index (χ2n) is 6.04. The Morgan fingerprint density at radius 2 is 1.96 bits per heavy atom. The summed E-state index contributed by atoms with van der Waals surface area (Å²) in [5.74, 6) is 2.24. The van der Waals surface area contributed by atoms with Crippen LogP contribution in [0.1, 0.15) is 31.3 Å². The highest BCUT2D eigenvalue weighted by atomic mass is 16.6. The van der Waals surface area contributed by atoms with E-state index in [0.29, 0.717) is 36.4 Å². The van der Waals surface area contributed by atoms with Crippen LogP contribution in [-0.4, -0.2) is 43.2 Å². The van der Waals surface area contributed by atoms with Crippen LogP contribution in [0.4, 0.5) is 0 Å². The van der Waals surface area contributed by atoms with Gasteiger partial charge in [0.15, 0.2) is 17.6 Å². The number of benzene rings is 1. The maximum Gasteiger partial charge on any atom is 0.259 e. The third kappa shape index (κ3) is 2.44. The van der Waals surface area contributed by atoms with E-state index < -0.39 is 0 Å². The summed E-state index contributed by atoms with van der Waals surface area (Å²) in [6, 6.07) is 5.51. The van der Waals surface area contributed by atoms with Crippen molar-refractivity contribution in [1.29, 1.82) is 0 Å². The number of hydrogen-bond donors (Lipinski definition) is 0. The predicted molar refractivity (Wildman–Crippen MR) is 84.1 cm³/mol. The molecule has 128 valence electrons. The summed E-state index contributed by atoms with van der Waals surface area (Å²) >= 11 is 0. The lowest BCUT2D eigenvalue weighted by atomic mass is 9.75. The van der Waals surface area contributed by atoms with Gasteiger partial charge >= 0.3 is 0 Å². The molecule has 2 fully saturated rings. The smallest absolute Gasteiger partial charge is 0.259 e. The molecular formula is C17H20N2O5. The van der Waals surface area contributed by atoms with Crippen molar-refractivity contribution in [1.82, 2.24) is 10.1 Å². The summed E-state index contributed by atoms with van der Waals surface area (Å²) in [4.78, 5) is 4.53. The standard InChI is InChI=1S/C17H20N2O5/c1-20-12-5-4-11(10-13(12)21-2)15-18-16(24-19-15)14-17(6-3-7-17)23-9-8-22-14/h4-5,10,14H,3,6-9H2,1-2H3. The number of ether oxygens (including phenoxy) is 4. The Hall–Kier alpha value is -2.12. The van der Waals surface area contributed by atoms with Gasteiger partial charge in [-0.15, -0.1) is 0 Å². The van der Waals surface area contributed by atoms with E-state index in [1.165, 1.54) is 0 Å². The second kappa shape index (κ2) is 6.07. The van der Waals surface area contributed by atoms with E-state index >= 15 is 0 Å². The van der Waals surface area contributed by atoms with E-state index in [1.807, 2.05) is 18.2 Å². The minimum Gasteiger partial charge on any atom is -0.493 e. The highest BCUT2D eigenvalue weighted by molar-refractivity contribution is 5.60. The van der Waals surface area contributed by atoms with Gasteiger partial charge in [0.25, 0.3) is 5.89 Å². The zero-order chi connectivity index (χ0) is 16.6. The molecule has 4 rings (SSSR count). The lowest BCUT2D eigenvalue weighted by molar-refractivity contribution is -0.244. The van der Waals surface area contributed by atoms with Crippen molar-refractivity contribution >= 4 is 0 Å². The molecule has 1 aliphatic heterocycles. The molecule has 7 heteroatoms. The fourth-order valence-corrected chi connectivity index (χ4v) is 3.30. The number of rotatable bonds is 4. The molecule has 0 radical (unpaired) electrons. The third-order valence-electron chi connectivity index (χ3n) is 4.74. The Morgan fingerprint density at radius 1 is 1.12 bits per heavy atom. The first-order valence-electron chi connectivity index (χ1n) is 8.07. The van der Waals surface area contributed by atoms with E-state index in [-0.39, 0.29) is 11.7 Å². The van der Waals surface area contributed by atoms with Gasteiger partial charge in [-0.1, -0.05) is 5.16 Å². The topological polar surface area (TPSA) is 75.8 Å². The third-order valence-corrected chi connectivity index (χ3v) is 4.74. The molecule has 2 heterocycles. The Labute approximate surface area is 139 Å². The van der Waals surface area contributed by atoms with Crippen molar-refractivity contribution in [2.75, 3.05) is 27.4 Å². The Morgan fingerprint density at radius 3 is 2.67 bits per heavy atom. The number of methoxy groups -OCH3 is 2. The van der Waals surface area contributed by atoms with Crippen molar-refractivity contribution in [2.24, 2.45) is 0 Å². The molecule has 1 saturated heterocycles. The summed E-state index contributed by atoms with van der Waals surface area (Å²) in [6.45, 7) is 1.16. The molecule has 0 N–H and O–H groups in total. The van der Waals surface area contributed by atoms with Gasteiger partial charge in [0.2, 0.25) is 5.82 Å². The Kier molecular flexibility index (Phi) is 3.90. The molecule has 1 aromatic carbocycles. The average Bonchev–Trinajstić information content (AvgIpc) is 3.09. The molecule has 1 unspecified atom stereocenters. The van der Waals surface area contributed by atoms with Crippen LogP contribution in [0.5, 0.6) is 11.5 Å². The van der Waals surface area contributed by atoms with Crippen molar-refractivity contribution in [2.45, 2.75) is 31.0 Å². The molecule has 0 bridgehead atoms. The lowest BCUT2D eigenvalue weighted by Gasteiger charge is -2.48. The van der Waals surface area contributed by atoms with Gasteiger partial charge < -0.3 is 23.5 Å². The quantitative estimate of drug-likeness (QED) is 0.852. The number of nitrogens with zero attached hydrogens (tertiary/aromatic N) is 2. The zero-order valence-electron chi connectivity index (χ0n) is 13.8. The van der Waals surface area contributed by atoms with Gasteiger partial charge in [0.1, 0.15) is 5.60 Å². The zero-order valence-corrected chi connectivity index (χ0v) is 13.8. The summed E-state index contributed by atoms with van der Waals surface area (Å²) in [5.41, 5.74) is 0.502. The monoisotopic (exact) mass is 332 g/mol. The maximum absolute atomic E-state index is 5.96. The Balaban J connectivity index is 1.63. The van der Waals surface area contributed by atoms with Crippen LogP contribution in [-0.2, 0) is 9.47 Å². The molecule has 1 atom stereocenters. The van der Waals surface area contributed by atoms with Crippen LogP contribution in [0.2, 0.25) is 0 Å². The SMILES string of the molecule is COc1ccc(-c2noc(C3OCCOC34CCC4)n2)cc1OC. The summed E-state index contributed by atoms with van der Waals surface area (Å²) < 4.78 is 27.9. The van der Waals surface area contributed by atoms with Crippen LogP contribution < -0.4 is 9.47 Å². The van der Waals surface area contributed by atoms with Crippen molar-refractivity contribution in [3.8, 4) is 22.9 Å². The van der Waals surface area contributed by atoms with E-state index in [9.17, 15) is 0 Å². The van der Waals surface area contributed by atoms with Gasteiger partial charge in [-0.2, -0.15) is 4.98 Å². The molecule has 7 nitrogen and oxygen atoms in total. The second-order valence-corrected chi connectivity index (χ2v) is 6.04. The molecular weight excluding hydrogens is 312 g/mol.